The van der Waals surface area contributed by atoms with Crippen molar-refractivity contribution in [1.29, 1.82) is 0 Å². The molecule has 0 unspecified atom stereocenters. The summed E-state index contributed by atoms with van der Waals surface area (Å²) in [5, 5.41) is 5.54. The molecule has 0 aromatic heterocycles. The molecule has 0 spiro atoms. The smallest absolute Gasteiger partial charge is 0.251 e. The SMILES string of the molecule is CC(C)NC(=O)c1cccc2c1CCCN2CC(=O)Nc1ccccc1F. The molecule has 1 aliphatic heterocycles. The number of halogens is 1. The summed E-state index contributed by atoms with van der Waals surface area (Å²) in [4.78, 5) is 26.8. The minimum absolute atomic E-state index is 0.0552. The second kappa shape index (κ2) is 8.20. The van der Waals surface area contributed by atoms with Crippen LogP contribution in [0.1, 0.15) is 36.2 Å². The van der Waals surface area contributed by atoms with Crippen LogP contribution in [0.3, 0.4) is 0 Å². The Morgan fingerprint density at radius 2 is 1.93 bits per heavy atom. The normalized spacial score (nSPS) is 13.3. The van der Waals surface area contributed by atoms with Gasteiger partial charge in [-0.1, -0.05) is 18.2 Å². The Hall–Kier alpha value is -2.89. The second-order valence-electron chi connectivity index (χ2n) is 6.98. The number of carbonyl (C=O) groups excluding carboxylic acids is 2. The summed E-state index contributed by atoms with van der Waals surface area (Å²) in [7, 11) is 0. The van der Waals surface area contributed by atoms with Crippen molar-refractivity contribution in [2.24, 2.45) is 0 Å². The standard InChI is InChI=1S/C21H24FN3O2/c1-14(2)23-21(27)16-7-5-11-19-15(16)8-6-12-25(19)13-20(26)24-18-10-4-3-9-17(18)22/h3-5,7,9-11,14H,6,8,12-13H2,1-2H3,(H,23,27)(H,24,26). The molecule has 2 N–H and O–H groups in total. The number of hydrogen-bond acceptors (Lipinski definition) is 3. The molecule has 0 atom stereocenters. The van der Waals surface area contributed by atoms with Crippen molar-refractivity contribution in [3.63, 3.8) is 0 Å². The summed E-state index contributed by atoms with van der Waals surface area (Å²) in [6, 6.07) is 11.7. The summed E-state index contributed by atoms with van der Waals surface area (Å²) in [5.41, 5.74) is 2.67. The minimum atomic E-state index is -0.461. The lowest BCUT2D eigenvalue weighted by Crippen LogP contribution is -2.38. The van der Waals surface area contributed by atoms with Gasteiger partial charge in [0.05, 0.1) is 12.2 Å². The third-order valence-electron chi connectivity index (χ3n) is 4.49. The van der Waals surface area contributed by atoms with Gasteiger partial charge in [0.15, 0.2) is 0 Å². The summed E-state index contributed by atoms with van der Waals surface area (Å²) >= 11 is 0. The van der Waals surface area contributed by atoms with Crippen LogP contribution >= 0.6 is 0 Å². The van der Waals surface area contributed by atoms with Crippen LogP contribution in [0.25, 0.3) is 0 Å². The molecule has 0 bridgehead atoms. The third kappa shape index (κ3) is 4.45. The van der Waals surface area contributed by atoms with Crippen LogP contribution in [0.4, 0.5) is 15.8 Å². The first-order valence-corrected chi connectivity index (χ1v) is 9.18. The number of fused-ring (bicyclic) bond motifs is 1. The highest BCUT2D eigenvalue weighted by molar-refractivity contribution is 5.98. The zero-order valence-corrected chi connectivity index (χ0v) is 15.6. The van der Waals surface area contributed by atoms with E-state index in [4.69, 9.17) is 0 Å². The molecule has 2 aromatic carbocycles. The maximum absolute atomic E-state index is 13.7. The predicted octanol–water partition coefficient (Wildman–Crippen LogP) is 3.36. The van der Waals surface area contributed by atoms with Gasteiger partial charge in [0, 0.05) is 23.8 Å². The molecule has 5 nitrogen and oxygen atoms in total. The monoisotopic (exact) mass is 369 g/mol. The number of nitrogens with zero attached hydrogens (tertiary/aromatic N) is 1. The Morgan fingerprint density at radius 1 is 1.15 bits per heavy atom. The van der Waals surface area contributed by atoms with Gasteiger partial charge >= 0.3 is 0 Å². The average molecular weight is 369 g/mol. The average Bonchev–Trinajstić information content (AvgIpc) is 2.63. The van der Waals surface area contributed by atoms with E-state index in [9.17, 15) is 14.0 Å². The Kier molecular flexibility index (Phi) is 5.74. The van der Waals surface area contributed by atoms with Crippen molar-refractivity contribution in [2.75, 3.05) is 23.3 Å². The number of anilines is 2. The lowest BCUT2D eigenvalue weighted by atomic mass is 9.95. The number of nitrogens with one attached hydrogen (secondary N) is 2. The maximum atomic E-state index is 13.7. The Labute approximate surface area is 158 Å². The first-order valence-electron chi connectivity index (χ1n) is 9.18. The van der Waals surface area contributed by atoms with Crippen LogP contribution < -0.4 is 15.5 Å². The maximum Gasteiger partial charge on any atom is 0.251 e. The second-order valence-corrected chi connectivity index (χ2v) is 6.98. The Morgan fingerprint density at radius 3 is 2.67 bits per heavy atom. The van der Waals surface area contributed by atoms with Gasteiger partial charge in [0.25, 0.3) is 5.91 Å². The van der Waals surface area contributed by atoms with Crippen molar-refractivity contribution in [2.45, 2.75) is 32.7 Å². The van der Waals surface area contributed by atoms with E-state index in [1.807, 2.05) is 36.9 Å². The molecule has 2 amide bonds. The van der Waals surface area contributed by atoms with E-state index in [0.717, 1.165) is 24.1 Å². The summed E-state index contributed by atoms with van der Waals surface area (Å²) in [5.74, 6) is -0.845. The molecule has 0 fully saturated rings. The number of carbonyl (C=O) groups is 2. The van der Waals surface area contributed by atoms with E-state index >= 15 is 0 Å². The van der Waals surface area contributed by atoms with Crippen LogP contribution in [-0.2, 0) is 11.2 Å². The molecular weight excluding hydrogens is 345 g/mol. The lowest BCUT2D eigenvalue weighted by Gasteiger charge is -2.32. The van der Waals surface area contributed by atoms with Crippen LogP contribution in [0, 0.1) is 5.82 Å². The van der Waals surface area contributed by atoms with Crippen molar-refractivity contribution in [3.8, 4) is 0 Å². The van der Waals surface area contributed by atoms with Gasteiger partial charge in [0.2, 0.25) is 5.91 Å². The van der Waals surface area contributed by atoms with Gasteiger partial charge in [-0.25, -0.2) is 4.39 Å². The van der Waals surface area contributed by atoms with Crippen LogP contribution in [0.5, 0.6) is 0 Å². The van der Waals surface area contributed by atoms with Crippen molar-refractivity contribution < 1.29 is 14.0 Å². The van der Waals surface area contributed by atoms with Gasteiger partial charge in [0.1, 0.15) is 5.82 Å². The minimum Gasteiger partial charge on any atom is -0.362 e. The summed E-state index contributed by atoms with van der Waals surface area (Å²) < 4.78 is 13.7. The zero-order valence-electron chi connectivity index (χ0n) is 15.6. The Bertz CT molecular complexity index is 851. The highest BCUT2D eigenvalue weighted by Crippen LogP contribution is 2.30. The van der Waals surface area contributed by atoms with Crippen molar-refractivity contribution >= 4 is 23.2 Å². The molecule has 3 rings (SSSR count). The quantitative estimate of drug-likeness (QED) is 0.850. The van der Waals surface area contributed by atoms with Crippen LogP contribution in [0.2, 0.25) is 0 Å². The van der Waals surface area contributed by atoms with Gasteiger partial charge < -0.3 is 15.5 Å². The third-order valence-corrected chi connectivity index (χ3v) is 4.49. The number of benzene rings is 2. The fourth-order valence-electron chi connectivity index (χ4n) is 3.34. The Balaban J connectivity index is 1.77. The van der Waals surface area contributed by atoms with Gasteiger partial charge in [-0.05, 0) is 56.5 Å². The fraction of sp³-hybridized carbons (Fsp3) is 0.333. The first-order chi connectivity index (χ1) is 13.0. The number of para-hydroxylation sites is 1. The van der Waals surface area contributed by atoms with E-state index < -0.39 is 5.82 Å². The van der Waals surface area contributed by atoms with E-state index in [0.29, 0.717) is 12.1 Å². The molecule has 1 heterocycles. The van der Waals surface area contributed by atoms with Crippen molar-refractivity contribution in [1.82, 2.24) is 5.32 Å². The number of hydrogen-bond donors (Lipinski definition) is 2. The molecule has 0 radical (unpaired) electrons. The number of rotatable bonds is 5. The lowest BCUT2D eigenvalue weighted by molar-refractivity contribution is -0.115. The number of amides is 2. The molecule has 1 aliphatic rings. The van der Waals surface area contributed by atoms with Gasteiger partial charge in [-0.15, -0.1) is 0 Å². The van der Waals surface area contributed by atoms with Crippen LogP contribution in [-0.4, -0.2) is 30.9 Å². The molecule has 142 valence electrons. The molecular formula is C21H24FN3O2. The predicted molar refractivity (Wildman–Crippen MR) is 105 cm³/mol. The zero-order chi connectivity index (χ0) is 19.4. The van der Waals surface area contributed by atoms with E-state index in [1.54, 1.807) is 12.1 Å². The summed E-state index contributed by atoms with van der Waals surface area (Å²) in [6.07, 6.45) is 1.65. The molecule has 0 aliphatic carbocycles. The first kappa shape index (κ1) is 18.9. The highest BCUT2D eigenvalue weighted by Gasteiger charge is 2.24. The van der Waals surface area contributed by atoms with Crippen LogP contribution in [0.15, 0.2) is 42.5 Å². The molecule has 0 saturated carbocycles. The van der Waals surface area contributed by atoms with E-state index in [1.165, 1.54) is 12.1 Å². The van der Waals surface area contributed by atoms with Crippen molar-refractivity contribution in [3.05, 3.63) is 59.4 Å². The fourth-order valence-corrected chi connectivity index (χ4v) is 3.34. The summed E-state index contributed by atoms with van der Waals surface area (Å²) in [6.45, 7) is 4.67. The topological polar surface area (TPSA) is 61.4 Å². The molecule has 27 heavy (non-hydrogen) atoms. The molecule has 0 saturated heterocycles. The molecule has 2 aromatic rings. The molecule has 6 heteroatoms. The van der Waals surface area contributed by atoms with Gasteiger partial charge in [-0.3, -0.25) is 9.59 Å². The van der Waals surface area contributed by atoms with Gasteiger partial charge in [-0.2, -0.15) is 0 Å². The van der Waals surface area contributed by atoms with E-state index in [-0.39, 0.29) is 30.1 Å². The highest BCUT2D eigenvalue weighted by atomic mass is 19.1. The van der Waals surface area contributed by atoms with E-state index in [2.05, 4.69) is 10.6 Å². The largest absolute Gasteiger partial charge is 0.362 e.